The van der Waals surface area contributed by atoms with Crippen LogP contribution in [0.4, 0.5) is 0 Å². The van der Waals surface area contributed by atoms with Crippen LogP contribution in [0.25, 0.3) is 0 Å². The fraction of sp³-hybridized carbons (Fsp3) is 1.00. The first-order chi connectivity index (χ1) is 3.31. The van der Waals surface area contributed by atoms with Crippen molar-refractivity contribution in [3.8, 4) is 0 Å². The molecule has 1 nitrogen and oxygen atoms in total. The van der Waals surface area contributed by atoms with Gasteiger partial charge < -0.3 is 5.11 Å². The summed E-state index contributed by atoms with van der Waals surface area (Å²) in [6.07, 6.45) is 2.33. The van der Waals surface area contributed by atoms with Gasteiger partial charge in [-0.3, -0.25) is 0 Å². The molecule has 46 valence electrons. The van der Waals surface area contributed by atoms with E-state index in [-0.39, 0.29) is 18.9 Å². The Hall–Kier alpha value is 0.557. The molecule has 1 N–H and O–H groups in total. The number of hydrogen-bond acceptors (Lipinski definition) is 1. The van der Waals surface area contributed by atoms with E-state index in [4.69, 9.17) is 5.11 Å². The van der Waals surface area contributed by atoms with Crippen LogP contribution < -0.4 is 0 Å². The van der Waals surface area contributed by atoms with Crippen LogP contribution in [-0.2, 0) is 0 Å². The third-order valence-corrected chi connectivity index (χ3v) is 1.09. The van der Waals surface area contributed by atoms with Crippen molar-refractivity contribution in [3.63, 3.8) is 0 Å². The van der Waals surface area contributed by atoms with Crippen LogP contribution in [0.1, 0.15) is 26.7 Å². The zero-order valence-corrected chi connectivity index (χ0v) is 5.15. The Bertz CT molecular complexity index is 39.5. The van der Waals surface area contributed by atoms with E-state index >= 15 is 0 Å². The van der Waals surface area contributed by atoms with Gasteiger partial charge in [-0.15, -0.1) is 0 Å². The topological polar surface area (TPSA) is 20.2 Å². The van der Waals surface area contributed by atoms with Crippen molar-refractivity contribution < 1.29 is 5.11 Å². The standard InChI is InChI=1S/C6H14O.Li.H/c1-3-4-6(2)5-7;;/h6-7H,3-5H2,1-2H3;;. The number of aliphatic hydroxyl groups excluding tert-OH is 1. The van der Waals surface area contributed by atoms with Gasteiger partial charge in [-0.05, 0) is 12.3 Å². The van der Waals surface area contributed by atoms with Crippen molar-refractivity contribution >= 4 is 18.9 Å². The van der Waals surface area contributed by atoms with Crippen LogP contribution >= 0.6 is 0 Å². The second-order valence-electron chi connectivity index (χ2n) is 2.08. The van der Waals surface area contributed by atoms with E-state index in [0.717, 1.165) is 6.42 Å². The zero-order valence-electron chi connectivity index (χ0n) is 5.15. The van der Waals surface area contributed by atoms with Gasteiger partial charge in [-0.1, -0.05) is 20.3 Å². The van der Waals surface area contributed by atoms with Crippen LogP contribution in [0.2, 0.25) is 0 Å². The SMILES string of the molecule is CCCC(C)CO.[LiH]. The molecule has 0 fully saturated rings. The van der Waals surface area contributed by atoms with Crippen molar-refractivity contribution in [1.29, 1.82) is 0 Å². The average Bonchev–Trinajstić information content (AvgIpc) is 1.68. The van der Waals surface area contributed by atoms with Crippen molar-refractivity contribution in [1.82, 2.24) is 0 Å². The molecule has 0 radical (unpaired) electrons. The molecular weight excluding hydrogens is 95.0 g/mol. The summed E-state index contributed by atoms with van der Waals surface area (Å²) >= 11 is 0. The van der Waals surface area contributed by atoms with Gasteiger partial charge in [0.1, 0.15) is 0 Å². The molecule has 1 unspecified atom stereocenters. The Balaban J connectivity index is 0. The van der Waals surface area contributed by atoms with Gasteiger partial charge in [0, 0.05) is 6.61 Å². The maximum absolute atomic E-state index is 8.47. The van der Waals surface area contributed by atoms with Gasteiger partial charge in [-0.25, -0.2) is 0 Å². The summed E-state index contributed by atoms with van der Waals surface area (Å²) in [5.74, 6) is 0.505. The van der Waals surface area contributed by atoms with Crippen molar-refractivity contribution in [2.45, 2.75) is 26.7 Å². The van der Waals surface area contributed by atoms with Gasteiger partial charge >= 0.3 is 18.9 Å². The van der Waals surface area contributed by atoms with Crippen LogP contribution in [-0.4, -0.2) is 30.6 Å². The Kier molecular flexibility index (Phi) is 10.7. The van der Waals surface area contributed by atoms with E-state index in [2.05, 4.69) is 13.8 Å². The van der Waals surface area contributed by atoms with Crippen LogP contribution in [0.3, 0.4) is 0 Å². The fourth-order valence-corrected chi connectivity index (χ4v) is 0.584. The average molecular weight is 110 g/mol. The van der Waals surface area contributed by atoms with Crippen LogP contribution in [0.5, 0.6) is 0 Å². The molecule has 0 aromatic carbocycles. The molecule has 2 heteroatoms. The summed E-state index contributed by atoms with van der Waals surface area (Å²) in [6, 6.07) is 0. The monoisotopic (exact) mass is 110 g/mol. The number of aliphatic hydroxyl groups is 1. The molecule has 0 aromatic rings. The zero-order chi connectivity index (χ0) is 5.70. The summed E-state index contributed by atoms with van der Waals surface area (Å²) in [5.41, 5.74) is 0. The molecular formula is C6H15LiO. The summed E-state index contributed by atoms with van der Waals surface area (Å²) in [7, 11) is 0. The first-order valence-corrected chi connectivity index (χ1v) is 2.92. The quantitative estimate of drug-likeness (QED) is 0.532. The Morgan fingerprint density at radius 2 is 2.00 bits per heavy atom. The summed E-state index contributed by atoms with van der Waals surface area (Å²) in [6.45, 7) is 4.53. The van der Waals surface area contributed by atoms with E-state index in [1.54, 1.807) is 0 Å². The molecule has 0 saturated heterocycles. The van der Waals surface area contributed by atoms with Crippen molar-refractivity contribution in [2.24, 2.45) is 5.92 Å². The molecule has 0 aliphatic rings. The van der Waals surface area contributed by atoms with Crippen molar-refractivity contribution in [2.75, 3.05) is 6.61 Å². The van der Waals surface area contributed by atoms with E-state index in [1.807, 2.05) is 0 Å². The minimum absolute atomic E-state index is 0. The van der Waals surface area contributed by atoms with Gasteiger partial charge in [-0.2, -0.15) is 0 Å². The first-order valence-electron chi connectivity index (χ1n) is 2.92. The van der Waals surface area contributed by atoms with Gasteiger partial charge in [0.15, 0.2) is 0 Å². The minimum atomic E-state index is 0. The van der Waals surface area contributed by atoms with E-state index in [1.165, 1.54) is 6.42 Å². The molecule has 0 aliphatic carbocycles. The van der Waals surface area contributed by atoms with Gasteiger partial charge in [0.25, 0.3) is 0 Å². The second-order valence-corrected chi connectivity index (χ2v) is 2.08. The molecule has 0 amide bonds. The molecule has 8 heavy (non-hydrogen) atoms. The third-order valence-electron chi connectivity index (χ3n) is 1.09. The first kappa shape index (κ1) is 11.4. The van der Waals surface area contributed by atoms with Crippen LogP contribution in [0.15, 0.2) is 0 Å². The number of rotatable bonds is 3. The van der Waals surface area contributed by atoms with E-state index in [0.29, 0.717) is 12.5 Å². The second kappa shape index (κ2) is 7.56. The Morgan fingerprint density at radius 3 is 2.12 bits per heavy atom. The summed E-state index contributed by atoms with van der Waals surface area (Å²) in [5, 5.41) is 8.47. The molecule has 0 bridgehead atoms. The van der Waals surface area contributed by atoms with E-state index < -0.39 is 0 Å². The fourth-order valence-electron chi connectivity index (χ4n) is 0.584. The molecule has 0 saturated carbocycles. The maximum atomic E-state index is 8.47. The van der Waals surface area contributed by atoms with Crippen molar-refractivity contribution in [3.05, 3.63) is 0 Å². The molecule has 0 spiro atoms. The third kappa shape index (κ3) is 6.56. The molecule has 0 heterocycles. The Labute approximate surface area is 63.7 Å². The molecule has 0 aromatic heterocycles. The summed E-state index contributed by atoms with van der Waals surface area (Å²) < 4.78 is 0. The Morgan fingerprint density at radius 1 is 1.50 bits per heavy atom. The predicted octanol–water partition coefficient (Wildman–Crippen LogP) is 0.766. The molecule has 0 rings (SSSR count). The molecule has 1 atom stereocenters. The van der Waals surface area contributed by atoms with Crippen LogP contribution in [0, 0.1) is 5.92 Å². The van der Waals surface area contributed by atoms with Gasteiger partial charge in [0.2, 0.25) is 0 Å². The number of hydrogen-bond donors (Lipinski definition) is 1. The van der Waals surface area contributed by atoms with Gasteiger partial charge in [0.05, 0.1) is 0 Å². The normalized spacial score (nSPS) is 12.4. The predicted molar refractivity (Wildman–Crippen MR) is 38.3 cm³/mol. The molecule has 0 aliphatic heterocycles. The van der Waals surface area contributed by atoms with E-state index in [9.17, 15) is 0 Å². The summed E-state index contributed by atoms with van der Waals surface area (Å²) in [4.78, 5) is 0.